The highest BCUT2D eigenvalue weighted by molar-refractivity contribution is 5.34. The van der Waals surface area contributed by atoms with Gasteiger partial charge in [-0.2, -0.15) is 4.98 Å². The Labute approximate surface area is 118 Å². The van der Waals surface area contributed by atoms with Gasteiger partial charge in [0.25, 0.3) is 0 Å². The summed E-state index contributed by atoms with van der Waals surface area (Å²) in [5.41, 5.74) is 2.86. The Balaban J connectivity index is 1.52. The molecule has 1 aromatic heterocycles. The highest BCUT2D eigenvalue weighted by Crippen LogP contribution is 2.33. The van der Waals surface area contributed by atoms with Crippen LogP contribution in [-0.4, -0.2) is 23.2 Å². The molecule has 1 fully saturated rings. The summed E-state index contributed by atoms with van der Waals surface area (Å²) in [6, 6.07) is 8.63. The summed E-state index contributed by atoms with van der Waals surface area (Å²) in [5, 5.41) is 7.53. The van der Waals surface area contributed by atoms with Gasteiger partial charge in [0.15, 0.2) is 5.82 Å². The molecule has 1 saturated heterocycles. The van der Waals surface area contributed by atoms with Gasteiger partial charge < -0.3 is 9.84 Å². The molecule has 20 heavy (non-hydrogen) atoms. The van der Waals surface area contributed by atoms with E-state index in [0.717, 1.165) is 37.6 Å². The number of rotatable bonds is 3. The molecule has 4 rings (SSSR count). The van der Waals surface area contributed by atoms with Crippen LogP contribution in [0.25, 0.3) is 0 Å². The largest absolute Gasteiger partial charge is 0.339 e. The van der Waals surface area contributed by atoms with Crippen molar-refractivity contribution >= 4 is 0 Å². The number of nitrogens with zero attached hydrogens (tertiary/aromatic N) is 2. The number of fused-ring (bicyclic) bond motifs is 1. The van der Waals surface area contributed by atoms with Crippen LogP contribution in [-0.2, 0) is 12.8 Å². The van der Waals surface area contributed by atoms with Gasteiger partial charge in [0, 0.05) is 11.8 Å². The van der Waals surface area contributed by atoms with E-state index in [1.165, 1.54) is 11.1 Å². The fourth-order valence-electron chi connectivity index (χ4n) is 3.21. The van der Waals surface area contributed by atoms with E-state index in [4.69, 9.17) is 4.52 Å². The van der Waals surface area contributed by atoms with Crippen LogP contribution in [0.2, 0.25) is 0 Å². The lowest BCUT2D eigenvalue weighted by Crippen LogP contribution is -2.44. The third-order valence-corrected chi connectivity index (χ3v) is 4.78. The maximum absolute atomic E-state index is 5.51. The Kier molecular flexibility index (Phi) is 2.84. The predicted octanol–water partition coefficient (Wildman–Crippen LogP) is 2.27. The highest BCUT2D eigenvalue weighted by atomic mass is 16.5. The molecular formula is C16H19N3O. The first-order valence-corrected chi connectivity index (χ1v) is 7.42. The van der Waals surface area contributed by atoms with Gasteiger partial charge >= 0.3 is 0 Å². The molecule has 2 aromatic rings. The molecule has 0 bridgehead atoms. The molecule has 2 heterocycles. The minimum absolute atomic E-state index is 0.362. The van der Waals surface area contributed by atoms with Crippen LogP contribution in [0.3, 0.4) is 0 Å². The molecule has 0 radical (unpaired) electrons. The zero-order chi connectivity index (χ0) is 13.5. The van der Waals surface area contributed by atoms with Gasteiger partial charge in [-0.3, -0.25) is 0 Å². The van der Waals surface area contributed by atoms with Gasteiger partial charge in [-0.1, -0.05) is 36.3 Å². The van der Waals surface area contributed by atoms with Crippen molar-refractivity contribution in [2.24, 2.45) is 5.92 Å². The third kappa shape index (κ3) is 1.95. The number of hydrogen-bond acceptors (Lipinski definition) is 4. The van der Waals surface area contributed by atoms with E-state index >= 15 is 0 Å². The Morgan fingerprint density at radius 2 is 1.90 bits per heavy atom. The van der Waals surface area contributed by atoms with Crippen LogP contribution >= 0.6 is 0 Å². The Hall–Kier alpha value is -1.68. The lowest BCUT2D eigenvalue weighted by atomic mass is 9.89. The van der Waals surface area contributed by atoms with Gasteiger partial charge in [0.1, 0.15) is 0 Å². The second-order valence-corrected chi connectivity index (χ2v) is 6.07. The molecule has 0 spiro atoms. The topological polar surface area (TPSA) is 51.0 Å². The van der Waals surface area contributed by atoms with Crippen LogP contribution in [0.4, 0.5) is 0 Å². The highest BCUT2D eigenvalue weighted by Gasteiger charge is 2.31. The van der Waals surface area contributed by atoms with E-state index in [1.807, 2.05) is 0 Å². The van der Waals surface area contributed by atoms with Crippen molar-refractivity contribution in [2.75, 3.05) is 13.1 Å². The van der Waals surface area contributed by atoms with Crippen molar-refractivity contribution in [1.82, 2.24) is 15.5 Å². The molecule has 0 amide bonds. The van der Waals surface area contributed by atoms with Gasteiger partial charge in [0.2, 0.25) is 5.89 Å². The van der Waals surface area contributed by atoms with Crippen LogP contribution in [0.5, 0.6) is 0 Å². The van der Waals surface area contributed by atoms with Gasteiger partial charge in [-0.15, -0.1) is 0 Å². The average molecular weight is 269 g/mol. The third-order valence-electron chi connectivity index (χ3n) is 4.78. The summed E-state index contributed by atoms with van der Waals surface area (Å²) in [6.45, 7) is 4.31. The monoisotopic (exact) mass is 269 g/mol. The quantitative estimate of drug-likeness (QED) is 0.928. The summed E-state index contributed by atoms with van der Waals surface area (Å²) >= 11 is 0. The maximum Gasteiger partial charge on any atom is 0.229 e. The average Bonchev–Trinajstić information content (AvgIpc) is 3.03. The first-order chi connectivity index (χ1) is 9.81. The van der Waals surface area contributed by atoms with Gasteiger partial charge in [-0.05, 0) is 43.0 Å². The lowest BCUT2D eigenvalue weighted by Gasteiger charge is -2.30. The first kappa shape index (κ1) is 12.1. The zero-order valence-corrected chi connectivity index (χ0v) is 11.7. The molecule has 0 saturated carbocycles. The molecule has 1 N–H and O–H groups in total. The predicted molar refractivity (Wildman–Crippen MR) is 75.7 cm³/mol. The van der Waals surface area contributed by atoms with E-state index in [2.05, 4.69) is 46.6 Å². The summed E-state index contributed by atoms with van der Waals surface area (Å²) in [6.07, 6.45) is 2.07. The smallest absolute Gasteiger partial charge is 0.229 e. The van der Waals surface area contributed by atoms with Crippen molar-refractivity contribution in [3.05, 3.63) is 47.1 Å². The molecule has 4 nitrogen and oxygen atoms in total. The van der Waals surface area contributed by atoms with Crippen molar-refractivity contribution in [3.8, 4) is 0 Å². The first-order valence-electron chi connectivity index (χ1n) is 7.42. The Bertz CT molecular complexity index is 593. The summed E-state index contributed by atoms with van der Waals surface area (Å²) in [4.78, 5) is 4.67. The van der Waals surface area contributed by atoms with Crippen LogP contribution in [0.1, 0.15) is 41.6 Å². The Morgan fingerprint density at radius 3 is 2.50 bits per heavy atom. The van der Waals surface area contributed by atoms with E-state index in [1.54, 1.807) is 0 Å². The minimum atomic E-state index is 0.362. The second kappa shape index (κ2) is 4.70. The van der Waals surface area contributed by atoms with E-state index in [9.17, 15) is 0 Å². The lowest BCUT2D eigenvalue weighted by molar-refractivity contribution is 0.252. The van der Waals surface area contributed by atoms with Crippen molar-refractivity contribution in [1.29, 1.82) is 0 Å². The normalized spacial score (nSPS) is 20.6. The molecule has 104 valence electrons. The van der Waals surface area contributed by atoms with E-state index < -0.39 is 0 Å². The van der Waals surface area contributed by atoms with Crippen LogP contribution < -0.4 is 5.32 Å². The standard InChI is InChI=1S/C16H19N3O/c1-10(14-8-17-9-14)16-18-15(19-20-16)13-6-11-4-2-3-5-12(11)7-13/h2-5,10,13-14,17H,6-9H2,1H3. The van der Waals surface area contributed by atoms with E-state index in [-0.39, 0.29) is 0 Å². The molecule has 1 aliphatic carbocycles. The Morgan fingerprint density at radius 1 is 1.20 bits per heavy atom. The van der Waals surface area contributed by atoms with Crippen molar-refractivity contribution in [2.45, 2.75) is 31.6 Å². The second-order valence-electron chi connectivity index (χ2n) is 6.07. The summed E-state index contributed by atoms with van der Waals surface area (Å²) in [7, 11) is 0. The van der Waals surface area contributed by atoms with Crippen LogP contribution in [0.15, 0.2) is 28.8 Å². The molecule has 4 heteroatoms. The molecule has 1 atom stereocenters. The fraction of sp³-hybridized carbons (Fsp3) is 0.500. The summed E-state index contributed by atoms with van der Waals surface area (Å²) in [5.74, 6) is 3.08. The van der Waals surface area contributed by atoms with Crippen molar-refractivity contribution < 1.29 is 4.52 Å². The number of aromatic nitrogens is 2. The molecular weight excluding hydrogens is 250 g/mol. The summed E-state index contributed by atoms with van der Waals surface area (Å²) < 4.78 is 5.51. The SMILES string of the molecule is CC(c1nc(C2Cc3ccccc3C2)no1)C1CNC1. The number of hydrogen-bond donors (Lipinski definition) is 1. The van der Waals surface area contributed by atoms with Gasteiger partial charge in [-0.25, -0.2) is 0 Å². The number of nitrogens with one attached hydrogen (secondary N) is 1. The van der Waals surface area contributed by atoms with Crippen molar-refractivity contribution in [3.63, 3.8) is 0 Å². The minimum Gasteiger partial charge on any atom is -0.339 e. The fourth-order valence-corrected chi connectivity index (χ4v) is 3.21. The van der Waals surface area contributed by atoms with Crippen LogP contribution in [0, 0.1) is 5.92 Å². The maximum atomic E-state index is 5.51. The number of benzene rings is 1. The zero-order valence-electron chi connectivity index (χ0n) is 11.7. The molecule has 2 aliphatic rings. The molecule has 1 aromatic carbocycles. The van der Waals surface area contributed by atoms with Gasteiger partial charge in [0.05, 0.1) is 0 Å². The van der Waals surface area contributed by atoms with E-state index in [0.29, 0.717) is 17.8 Å². The molecule has 1 unspecified atom stereocenters. The molecule has 1 aliphatic heterocycles.